The number of rotatable bonds is 3. The third kappa shape index (κ3) is 4.97. The van der Waals surface area contributed by atoms with E-state index in [9.17, 15) is 13.2 Å². The zero-order valence-electron chi connectivity index (χ0n) is 7.29. The fourth-order valence-corrected chi connectivity index (χ4v) is 1.37. The molecule has 76 valence electrons. The number of benzene rings is 1. The number of hydrogen-bond acceptors (Lipinski definition) is 1. The molecular weight excluding hydrogens is 209 g/mol. The smallest absolute Gasteiger partial charge is 0.170 e. The molecule has 0 aliphatic carbocycles. The van der Waals surface area contributed by atoms with Crippen LogP contribution in [-0.2, 0) is 0 Å². The molecular formula is C10H9F3S. The first-order valence-corrected chi connectivity index (χ1v) is 5.03. The summed E-state index contributed by atoms with van der Waals surface area (Å²) in [6.45, 7) is 0. The predicted octanol–water partition coefficient (Wildman–Crippen LogP) is 3.95. The van der Waals surface area contributed by atoms with Crippen molar-refractivity contribution in [2.45, 2.75) is 6.18 Å². The first kappa shape index (κ1) is 11.2. The van der Waals surface area contributed by atoms with E-state index in [1.165, 1.54) is 5.41 Å². The van der Waals surface area contributed by atoms with Gasteiger partial charge in [0.1, 0.15) is 0 Å². The maximum atomic E-state index is 11.7. The average Bonchev–Trinajstić information content (AvgIpc) is 2.13. The van der Waals surface area contributed by atoms with Gasteiger partial charge in [-0.25, -0.2) is 0 Å². The molecule has 0 saturated carbocycles. The molecule has 4 heteroatoms. The molecule has 14 heavy (non-hydrogen) atoms. The molecule has 0 atom stereocenters. The Morgan fingerprint density at radius 1 is 1.14 bits per heavy atom. The number of halogens is 3. The lowest BCUT2D eigenvalue weighted by Crippen LogP contribution is -2.09. The Hall–Kier alpha value is -0.900. The minimum atomic E-state index is -4.09. The fourth-order valence-electron chi connectivity index (χ4n) is 0.833. The summed E-state index contributed by atoms with van der Waals surface area (Å²) in [6.07, 6.45) is -2.43. The quantitative estimate of drug-likeness (QED) is 0.740. The second kappa shape index (κ2) is 5.10. The molecule has 0 heterocycles. The number of thioether (sulfide) groups is 1. The Bertz CT molecular complexity index is 290. The summed E-state index contributed by atoms with van der Waals surface area (Å²) < 4.78 is 35.2. The van der Waals surface area contributed by atoms with Gasteiger partial charge in [0.15, 0.2) is 0 Å². The van der Waals surface area contributed by atoms with Gasteiger partial charge in [-0.05, 0) is 17.0 Å². The molecule has 1 aromatic carbocycles. The van der Waals surface area contributed by atoms with E-state index < -0.39 is 11.9 Å². The van der Waals surface area contributed by atoms with Crippen molar-refractivity contribution in [3.63, 3.8) is 0 Å². The molecule has 0 fully saturated rings. The molecule has 0 nitrogen and oxygen atoms in total. The standard InChI is InChI=1S/C10H9F3S/c11-10(12,13)8-14-7-6-9-4-2-1-3-5-9/h1-7H,8H2/b7-6+. The number of hydrogen-bond donors (Lipinski definition) is 0. The third-order valence-corrected chi connectivity index (χ3v) is 2.23. The van der Waals surface area contributed by atoms with Gasteiger partial charge in [0, 0.05) is 0 Å². The Morgan fingerprint density at radius 2 is 1.79 bits per heavy atom. The Kier molecular flexibility index (Phi) is 4.07. The van der Waals surface area contributed by atoms with Gasteiger partial charge in [0.05, 0.1) is 5.75 Å². The summed E-state index contributed by atoms with van der Waals surface area (Å²) in [5.41, 5.74) is 0.905. The number of alkyl halides is 3. The second-order valence-corrected chi connectivity index (χ2v) is 3.53. The Labute approximate surface area is 84.8 Å². The monoisotopic (exact) mass is 218 g/mol. The van der Waals surface area contributed by atoms with E-state index in [2.05, 4.69) is 0 Å². The maximum absolute atomic E-state index is 11.7. The second-order valence-electron chi connectivity index (χ2n) is 2.64. The van der Waals surface area contributed by atoms with Crippen LogP contribution in [0.1, 0.15) is 5.56 Å². The molecule has 0 bridgehead atoms. The van der Waals surface area contributed by atoms with E-state index in [0.29, 0.717) is 0 Å². The van der Waals surface area contributed by atoms with Crippen LogP contribution in [0.15, 0.2) is 35.7 Å². The van der Waals surface area contributed by atoms with Crippen LogP contribution in [0, 0.1) is 0 Å². The summed E-state index contributed by atoms with van der Waals surface area (Å²) >= 11 is 0.749. The first-order chi connectivity index (χ1) is 6.58. The topological polar surface area (TPSA) is 0 Å². The Morgan fingerprint density at radius 3 is 2.36 bits per heavy atom. The molecule has 0 amide bonds. The zero-order valence-corrected chi connectivity index (χ0v) is 8.11. The summed E-state index contributed by atoms with van der Waals surface area (Å²) in [5.74, 6) is -0.837. The summed E-state index contributed by atoms with van der Waals surface area (Å²) in [6, 6.07) is 9.22. The molecule has 0 N–H and O–H groups in total. The molecule has 0 spiro atoms. The van der Waals surface area contributed by atoms with Gasteiger partial charge >= 0.3 is 6.18 Å². The molecule has 0 aromatic heterocycles. The molecule has 0 aliphatic rings. The minimum Gasteiger partial charge on any atom is -0.170 e. The first-order valence-electron chi connectivity index (χ1n) is 3.98. The zero-order chi connectivity index (χ0) is 10.4. The van der Waals surface area contributed by atoms with E-state index in [-0.39, 0.29) is 0 Å². The summed E-state index contributed by atoms with van der Waals surface area (Å²) in [5, 5.41) is 1.46. The lowest BCUT2D eigenvalue weighted by Gasteiger charge is -2.01. The molecule has 1 aromatic rings. The van der Waals surface area contributed by atoms with Crippen LogP contribution < -0.4 is 0 Å². The largest absolute Gasteiger partial charge is 0.398 e. The normalized spacial score (nSPS) is 12.2. The lowest BCUT2D eigenvalue weighted by atomic mass is 10.2. The molecule has 0 aliphatic heterocycles. The average molecular weight is 218 g/mol. The van der Waals surface area contributed by atoms with Gasteiger partial charge in [0.25, 0.3) is 0 Å². The van der Waals surface area contributed by atoms with E-state index in [1.807, 2.05) is 30.3 Å². The van der Waals surface area contributed by atoms with Crippen molar-refractivity contribution in [2.75, 3.05) is 5.75 Å². The predicted molar refractivity (Wildman–Crippen MR) is 54.0 cm³/mol. The third-order valence-electron chi connectivity index (χ3n) is 1.40. The van der Waals surface area contributed by atoms with Crippen molar-refractivity contribution in [1.29, 1.82) is 0 Å². The SMILES string of the molecule is FC(F)(F)CS/C=C/c1ccccc1. The van der Waals surface area contributed by atoms with Crippen molar-refractivity contribution >= 4 is 17.8 Å². The van der Waals surface area contributed by atoms with Gasteiger partial charge < -0.3 is 0 Å². The highest BCUT2D eigenvalue weighted by molar-refractivity contribution is 8.02. The fraction of sp³-hybridized carbons (Fsp3) is 0.200. The van der Waals surface area contributed by atoms with Crippen LogP contribution >= 0.6 is 11.8 Å². The van der Waals surface area contributed by atoms with Gasteiger partial charge in [-0.1, -0.05) is 30.3 Å². The molecule has 0 saturated heterocycles. The van der Waals surface area contributed by atoms with Crippen LogP contribution in [-0.4, -0.2) is 11.9 Å². The van der Waals surface area contributed by atoms with Gasteiger partial charge in [-0.15, -0.1) is 11.8 Å². The van der Waals surface area contributed by atoms with Crippen LogP contribution in [0.3, 0.4) is 0 Å². The molecule has 0 unspecified atom stereocenters. The Balaban J connectivity index is 2.35. The van der Waals surface area contributed by atoms with Crippen molar-refractivity contribution in [3.05, 3.63) is 41.3 Å². The maximum Gasteiger partial charge on any atom is 0.398 e. The van der Waals surface area contributed by atoms with Gasteiger partial charge in [-0.3, -0.25) is 0 Å². The lowest BCUT2D eigenvalue weighted by molar-refractivity contribution is -0.105. The molecule has 1 rings (SSSR count). The van der Waals surface area contributed by atoms with Crippen LogP contribution in [0.5, 0.6) is 0 Å². The van der Waals surface area contributed by atoms with Gasteiger partial charge in [-0.2, -0.15) is 13.2 Å². The highest BCUT2D eigenvalue weighted by Crippen LogP contribution is 2.22. The highest BCUT2D eigenvalue weighted by Gasteiger charge is 2.26. The van der Waals surface area contributed by atoms with Crippen molar-refractivity contribution in [1.82, 2.24) is 0 Å². The van der Waals surface area contributed by atoms with E-state index in [1.54, 1.807) is 6.08 Å². The van der Waals surface area contributed by atoms with Crippen molar-refractivity contribution < 1.29 is 13.2 Å². The van der Waals surface area contributed by atoms with E-state index in [4.69, 9.17) is 0 Å². The van der Waals surface area contributed by atoms with E-state index >= 15 is 0 Å². The van der Waals surface area contributed by atoms with Crippen LogP contribution in [0.2, 0.25) is 0 Å². The van der Waals surface area contributed by atoms with Crippen molar-refractivity contribution in [2.24, 2.45) is 0 Å². The minimum absolute atomic E-state index is 0.749. The highest BCUT2D eigenvalue weighted by atomic mass is 32.2. The summed E-state index contributed by atoms with van der Waals surface area (Å²) in [4.78, 5) is 0. The summed E-state index contributed by atoms with van der Waals surface area (Å²) in [7, 11) is 0. The van der Waals surface area contributed by atoms with Crippen LogP contribution in [0.25, 0.3) is 6.08 Å². The molecule has 0 radical (unpaired) electrons. The van der Waals surface area contributed by atoms with Gasteiger partial charge in [0.2, 0.25) is 0 Å². The van der Waals surface area contributed by atoms with E-state index in [0.717, 1.165) is 17.3 Å². The van der Waals surface area contributed by atoms with Crippen molar-refractivity contribution in [3.8, 4) is 0 Å². The van der Waals surface area contributed by atoms with Crippen LogP contribution in [0.4, 0.5) is 13.2 Å².